The highest BCUT2D eigenvalue weighted by atomic mass is 16.3. The third-order valence-electron chi connectivity index (χ3n) is 8.65. The molecule has 174 valence electrons. The van der Waals surface area contributed by atoms with E-state index in [2.05, 4.69) is 114 Å². The quantitative estimate of drug-likeness (QED) is 0.213. The molecule has 10 rings (SSSR count). The standard InChI is InChI=1S/C36H19NO/c1-2-13-31-25(9-1)29-18-22-15-14-21-8-5-12-30-33(21)34(22)35(36(29)38-31)37(30)23-16-17-24-26-10-3-6-20-7-4-11-27(32(20)26)28(24)19-23/h1-19H. The second kappa shape index (κ2) is 6.42. The molecular formula is C36H19NO. The number of hydrogen-bond donors (Lipinski definition) is 0. The monoisotopic (exact) mass is 481 g/mol. The summed E-state index contributed by atoms with van der Waals surface area (Å²) in [6.45, 7) is 0. The summed E-state index contributed by atoms with van der Waals surface area (Å²) in [5.74, 6) is 0. The zero-order chi connectivity index (χ0) is 24.5. The van der Waals surface area contributed by atoms with Crippen LogP contribution in [0, 0.1) is 0 Å². The molecule has 1 aliphatic carbocycles. The van der Waals surface area contributed by atoms with Crippen molar-refractivity contribution in [1.29, 1.82) is 0 Å². The van der Waals surface area contributed by atoms with Crippen LogP contribution in [0.5, 0.6) is 0 Å². The van der Waals surface area contributed by atoms with E-state index in [4.69, 9.17) is 4.42 Å². The first-order valence-corrected chi connectivity index (χ1v) is 13.1. The third kappa shape index (κ3) is 2.13. The summed E-state index contributed by atoms with van der Waals surface area (Å²) in [5.41, 5.74) is 10.6. The van der Waals surface area contributed by atoms with E-state index < -0.39 is 0 Å². The average molecular weight is 482 g/mol. The highest BCUT2D eigenvalue weighted by Gasteiger charge is 2.25. The van der Waals surface area contributed by atoms with Crippen LogP contribution in [0.25, 0.3) is 93.2 Å². The van der Waals surface area contributed by atoms with Gasteiger partial charge in [0.05, 0.1) is 11.0 Å². The number of aromatic nitrogens is 1. The van der Waals surface area contributed by atoms with Gasteiger partial charge in [-0.25, -0.2) is 0 Å². The Hall–Kier alpha value is -5.08. The number of fused-ring (bicyclic) bond motifs is 7. The lowest BCUT2D eigenvalue weighted by atomic mass is 10.00. The summed E-state index contributed by atoms with van der Waals surface area (Å²) < 4.78 is 9.05. The lowest BCUT2D eigenvalue weighted by molar-refractivity contribution is 0.671. The van der Waals surface area contributed by atoms with Gasteiger partial charge in [0.2, 0.25) is 0 Å². The maximum atomic E-state index is 6.62. The van der Waals surface area contributed by atoms with Crippen molar-refractivity contribution >= 4 is 65.3 Å². The lowest BCUT2D eigenvalue weighted by Crippen LogP contribution is -1.95. The van der Waals surface area contributed by atoms with Crippen molar-refractivity contribution in [1.82, 2.24) is 4.57 Å². The summed E-state index contributed by atoms with van der Waals surface area (Å²) in [6.07, 6.45) is 0. The Morgan fingerprint density at radius 1 is 0.474 bits per heavy atom. The smallest absolute Gasteiger partial charge is 0.160 e. The van der Waals surface area contributed by atoms with Gasteiger partial charge in [-0.15, -0.1) is 0 Å². The minimum Gasteiger partial charge on any atom is -0.454 e. The van der Waals surface area contributed by atoms with Crippen molar-refractivity contribution < 1.29 is 4.42 Å². The molecule has 0 saturated carbocycles. The van der Waals surface area contributed by atoms with Gasteiger partial charge in [-0.2, -0.15) is 0 Å². The molecule has 7 aromatic carbocycles. The van der Waals surface area contributed by atoms with Gasteiger partial charge in [-0.3, -0.25) is 0 Å². The van der Waals surface area contributed by atoms with Gasteiger partial charge in [0.25, 0.3) is 0 Å². The van der Waals surface area contributed by atoms with Crippen LogP contribution in [0.4, 0.5) is 0 Å². The van der Waals surface area contributed by atoms with Crippen LogP contribution in [-0.4, -0.2) is 4.57 Å². The van der Waals surface area contributed by atoms with Gasteiger partial charge in [-0.1, -0.05) is 84.9 Å². The number of benzene rings is 7. The molecule has 2 heteroatoms. The SMILES string of the molecule is c1cc2c3c(cccc3c1)-c1cc(-n3c4cccc5ccc6cc7c8ccccc8oc7c3c6c54)ccc1-2. The van der Waals surface area contributed by atoms with E-state index in [1.165, 1.54) is 65.5 Å². The first kappa shape index (κ1) is 19.1. The zero-order valence-corrected chi connectivity index (χ0v) is 20.3. The van der Waals surface area contributed by atoms with Crippen molar-refractivity contribution in [3.8, 4) is 27.9 Å². The molecular weight excluding hydrogens is 462 g/mol. The molecule has 2 aromatic heterocycles. The van der Waals surface area contributed by atoms with Crippen molar-refractivity contribution in [3.05, 3.63) is 115 Å². The van der Waals surface area contributed by atoms with Gasteiger partial charge >= 0.3 is 0 Å². The number of furan rings is 1. The maximum Gasteiger partial charge on any atom is 0.160 e. The number of rotatable bonds is 1. The Kier molecular flexibility index (Phi) is 3.23. The van der Waals surface area contributed by atoms with Crippen LogP contribution in [0.2, 0.25) is 0 Å². The summed E-state index contributed by atoms with van der Waals surface area (Å²) in [7, 11) is 0. The third-order valence-corrected chi connectivity index (χ3v) is 8.65. The summed E-state index contributed by atoms with van der Waals surface area (Å²) in [6, 6.07) is 42.1. The topological polar surface area (TPSA) is 18.1 Å². The molecule has 0 spiro atoms. The van der Waals surface area contributed by atoms with Gasteiger partial charge in [0.15, 0.2) is 5.58 Å². The number of nitrogens with zero attached hydrogens (tertiary/aromatic N) is 1. The van der Waals surface area contributed by atoms with Crippen LogP contribution >= 0.6 is 0 Å². The first-order chi connectivity index (χ1) is 18.8. The van der Waals surface area contributed by atoms with Crippen LogP contribution in [0.1, 0.15) is 0 Å². The van der Waals surface area contributed by atoms with E-state index in [0.29, 0.717) is 0 Å². The first-order valence-electron chi connectivity index (χ1n) is 13.1. The highest BCUT2D eigenvalue weighted by molar-refractivity contribution is 6.31. The van der Waals surface area contributed by atoms with Gasteiger partial charge in [0.1, 0.15) is 5.58 Å². The highest BCUT2D eigenvalue weighted by Crippen LogP contribution is 2.49. The molecule has 0 fully saturated rings. The molecule has 2 nitrogen and oxygen atoms in total. The molecule has 0 saturated heterocycles. The minimum absolute atomic E-state index is 0.928. The predicted octanol–water partition coefficient (Wildman–Crippen LogP) is 10.1. The van der Waals surface area contributed by atoms with E-state index in [9.17, 15) is 0 Å². The molecule has 0 atom stereocenters. The van der Waals surface area contributed by atoms with E-state index in [1.54, 1.807) is 0 Å². The molecule has 38 heavy (non-hydrogen) atoms. The molecule has 2 heterocycles. The van der Waals surface area contributed by atoms with Gasteiger partial charge in [-0.05, 0) is 74.1 Å². The molecule has 9 aromatic rings. The molecule has 0 radical (unpaired) electrons. The fraction of sp³-hybridized carbons (Fsp3) is 0. The van der Waals surface area contributed by atoms with E-state index in [0.717, 1.165) is 27.8 Å². The molecule has 1 aliphatic rings. The van der Waals surface area contributed by atoms with E-state index in [1.807, 2.05) is 6.07 Å². The second-order valence-electron chi connectivity index (χ2n) is 10.5. The Morgan fingerprint density at radius 2 is 1.24 bits per heavy atom. The zero-order valence-electron chi connectivity index (χ0n) is 20.3. The van der Waals surface area contributed by atoms with Crippen molar-refractivity contribution in [3.63, 3.8) is 0 Å². The van der Waals surface area contributed by atoms with Crippen molar-refractivity contribution in [2.24, 2.45) is 0 Å². The molecule has 0 N–H and O–H groups in total. The number of para-hydroxylation sites is 1. The van der Waals surface area contributed by atoms with Gasteiger partial charge in [0, 0.05) is 27.2 Å². The van der Waals surface area contributed by atoms with Crippen molar-refractivity contribution in [2.45, 2.75) is 0 Å². The Morgan fingerprint density at radius 3 is 2.13 bits per heavy atom. The van der Waals surface area contributed by atoms with Crippen LogP contribution < -0.4 is 0 Å². The summed E-state index contributed by atoms with van der Waals surface area (Å²) >= 11 is 0. The fourth-order valence-electron chi connectivity index (χ4n) is 7.11. The van der Waals surface area contributed by atoms with Crippen LogP contribution in [-0.2, 0) is 0 Å². The van der Waals surface area contributed by atoms with E-state index >= 15 is 0 Å². The Labute approximate surface area is 217 Å². The maximum absolute atomic E-state index is 6.62. The van der Waals surface area contributed by atoms with Crippen molar-refractivity contribution in [2.75, 3.05) is 0 Å². The van der Waals surface area contributed by atoms with Crippen LogP contribution in [0.3, 0.4) is 0 Å². The van der Waals surface area contributed by atoms with Gasteiger partial charge < -0.3 is 8.98 Å². The predicted molar refractivity (Wildman–Crippen MR) is 159 cm³/mol. The fourth-order valence-corrected chi connectivity index (χ4v) is 7.11. The Balaban J connectivity index is 1.40. The summed E-state index contributed by atoms with van der Waals surface area (Å²) in [4.78, 5) is 0. The van der Waals surface area contributed by atoms with E-state index in [-0.39, 0.29) is 0 Å². The van der Waals surface area contributed by atoms with Crippen LogP contribution in [0.15, 0.2) is 120 Å². The minimum atomic E-state index is 0.928. The molecule has 0 amide bonds. The normalized spacial score (nSPS) is 12.7. The average Bonchev–Trinajstić information content (AvgIpc) is 3.62. The largest absolute Gasteiger partial charge is 0.454 e. The molecule has 0 aliphatic heterocycles. The second-order valence-corrected chi connectivity index (χ2v) is 10.5. The molecule has 0 unspecified atom stereocenters. The number of hydrogen-bond acceptors (Lipinski definition) is 1. The summed E-state index contributed by atoms with van der Waals surface area (Å²) in [5, 5.41) is 10.1. The Bertz CT molecular complexity index is 2450. The lowest BCUT2D eigenvalue weighted by Gasteiger charge is -2.11. The molecule has 0 bridgehead atoms.